The topological polar surface area (TPSA) is 602 Å². The number of aliphatic hydroxyl groups excluding tert-OH is 10. The number of aliphatic carboxylic acids is 2. The van der Waals surface area contributed by atoms with Gasteiger partial charge in [-0.15, -0.1) is 0 Å². The highest BCUT2D eigenvalue weighted by atomic mass is 31.2. The molecule has 0 aromatic rings. The first-order valence-corrected chi connectivity index (χ1v) is 36.8. The van der Waals surface area contributed by atoms with Gasteiger partial charge in [0.25, 0.3) is 5.91 Å². The number of amides is 4. The fourth-order valence-corrected chi connectivity index (χ4v) is 13.4. The number of Topliss-reactive ketones (excluding diaryl/α,β-unsaturated/α-hetero) is 1. The number of aliphatic hydroxyl groups is 11. The van der Waals surface area contributed by atoms with E-state index in [1.807, 2.05) is 6.08 Å². The Morgan fingerprint density at radius 3 is 1.88 bits per heavy atom. The van der Waals surface area contributed by atoms with Crippen LogP contribution in [-0.2, 0) is 94.5 Å². The molecule has 27 atom stereocenters. The summed E-state index contributed by atoms with van der Waals surface area (Å²) >= 11 is 0. The van der Waals surface area contributed by atoms with E-state index in [9.17, 15) is 109 Å². The Morgan fingerprint density at radius 1 is 0.716 bits per heavy atom. The lowest BCUT2D eigenvalue weighted by atomic mass is 9.85. The van der Waals surface area contributed by atoms with Crippen molar-refractivity contribution in [1.29, 1.82) is 0 Å². The summed E-state index contributed by atoms with van der Waals surface area (Å²) in [5, 5.41) is 149. The van der Waals surface area contributed by atoms with Crippen LogP contribution >= 0.6 is 7.82 Å². The van der Waals surface area contributed by atoms with Gasteiger partial charge in [0.2, 0.25) is 11.8 Å². The van der Waals surface area contributed by atoms with Gasteiger partial charge in [-0.05, 0) is 91.9 Å². The van der Waals surface area contributed by atoms with E-state index in [1.54, 1.807) is 13.0 Å². The summed E-state index contributed by atoms with van der Waals surface area (Å²) in [5.74, 6) is -8.21. The maximum absolute atomic E-state index is 14.1. The number of rotatable bonds is 37. The number of carbonyl (C=O) groups excluding carboxylic acids is 5. The number of ketones is 1. The zero-order valence-corrected chi connectivity index (χ0v) is 63.0. The molecule has 0 bridgehead atoms. The molecule has 0 radical (unpaired) electrons. The summed E-state index contributed by atoms with van der Waals surface area (Å²) in [6.45, 7) is 16.6. The smallest absolute Gasteiger partial charge is 0.474 e. The van der Waals surface area contributed by atoms with Crippen molar-refractivity contribution in [2.45, 2.75) is 286 Å². The van der Waals surface area contributed by atoms with E-state index in [1.165, 1.54) is 18.1 Å². The minimum absolute atomic E-state index is 0.131. The first-order valence-electron chi connectivity index (χ1n) is 35.3. The van der Waals surface area contributed by atoms with Gasteiger partial charge in [0, 0.05) is 26.7 Å². The molecule has 109 heavy (non-hydrogen) atoms. The molecule has 0 saturated carbocycles. The van der Waals surface area contributed by atoms with Crippen LogP contribution in [0.3, 0.4) is 0 Å². The number of carboxylic acid groups (broad SMARTS) is 2. The second-order valence-corrected chi connectivity index (χ2v) is 30.2. The van der Waals surface area contributed by atoms with Crippen LogP contribution in [-0.4, -0.2) is 298 Å². The predicted molar refractivity (Wildman–Crippen MR) is 370 cm³/mol. The first-order chi connectivity index (χ1) is 50.9. The molecule has 5 saturated heterocycles. The number of carboxylic acids is 2. The number of carbonyl (C=O) groups is 7. The minimum Gasteiger partial charge on any atom is -0.510 e. The molecule has 4 amide bonds. The van der Waals surface area contributed by atoms with Gasteiger partial charge in [0.05, 0.1) is 32.5 Å². The van der Waals surface area contributed by atoms with Gasteiger partial charge in [-0.25, -0.2) is 18.9 Å². The van der Waals surface area contributed by atoms with Crippen LogP contribution < -0.4 is 21.7 Å². The summed E-state index contributed by atoms with van der Waals surface area (Å²) in [7, 11) is -5.89. The van der Waals surface area contributed by atoms with Crippen LogP contribution in [0, 0.1) is 5.41 Å². The minimum atomic E-state index is -5.89. The summed E-state index contributed by atoms with van der Waals surface area (Å²) in [5.41, 5.74) is 6.20. The van der Waals surface area contributed by atoms with Gasteiger partial charge in [-0.1, -0.05) is 73.1 Å². The van der Waals surface area contributed by atoms with Crippen molar-refractivity contribution >= 4 is 49.4 Å². The molecule has 6 aliphatic rings. The summed E-state index contributed by atoms with van der Waals surface area (Å²) in [6.07, 6.45) is -36.2. The molecule has 26 unspecified atom stereocenters. The largest absolute Gasteiger partial charge is 0.510 e. The van der Waals surface area contributed by atoms with Crippen molar-refractivity contribution in [3.8, 4) is 0 Å². The van der Waals surface area contributed by atoms with Crippen molar-refractivity contribution in [2.75, 3.05) is 26.4 Å². The Labute approximate surface area is 628 Å². The first kappa shape index (κ1) is 91.7. The molecule has 1 aliphatic carbocycles. The molecule has 6 rings (SSSR count). The lowest BCUT2D eigenvalue weighted by Gasteiger charge is -2.51. The SMILES string of the molecule is C=C(CC=C(C)CCC=C(C)C)CCC(C)(C)C=CCCC(C)=CCOC(COP(=O)(O)OC1OC(C(=O)O)[C@@](C)(O)C(OC(N)=O)C1OC1OC(COC2OC(CO)C(O)C(O)C2O)C(OC2OC(C)C(OC3OC(C(=O)NC4=C(O)CCC4=O)C(O)C(O)C3O)C(O)C2NC(C)=O)C(O)C1NC(C)=O)C(=O)O. The Balaban J connectivity index is 1.25. The Hall–Kier alpha value is -6.16. The number of primary amides is 1. The van der Waals surface area contributed by atoms with Crippen molar-refractivity contribution in [3.63, 3.8) is 0 Å². The van der Waals surface area contributed by atoms with Gasteiger partial charge in [0.1, 0.15) is 102 Å². The molecule has 19 N–H and O–H groups in total. The second kappa shape index (κ2) is 40.5. The molecule has 39 nitrogen and oxygen atoms in total. The number of nitrogens with two attached hydrogens (primary N) is 1. The van der Waals surface area contributed by atoms with Crippen molar-refractivity contribution in [3.05, 3.63) is 70.7 Å². The number of phosphoric ester groups is 1. The third-order valence-corrected chi connectivity index (χ3v) is 19.8. The summed E-state index contributed by atoms with van der Waals surface area (Å²) in [6, 6.07) is -4.03. The quantitative estimate of drug-likeness (QED) is 0.0250. The van der Waals surface area contributed by atoms with Crippen LogP contribution in [0.15, 0.2) is 70.7 Å². The molecular formula is C69H107N4O35P. The maximum Gasteiger partial charge on any atom is 0.474 e. The number of ether oxygens (including phenoxy) is 11. The Kier molecular flexibility index (Phi) is 34.1. The molecule has 618 valence electrons. The van der Waals surface area contributed by atoms with E-state index in [0.717, 1.165) is 57.1 Å². The standard InChI is InChI=1S/C69H107N4O35P/c1-30(2)15-14-17-31(3)18-19-33(5)22-25-68(9,10)24-13-12-16-32(4)23-26-96-41(60(88)89)29-98-109(94,95)108-66-56(57(107-67(70)92)69(11,93)58(106-66)61(90)91)105-63-44(72-36(8)76)47(81)54(40(101-63)28-97-64-51(85)48(82)45(79)39(27-74)100-64)103-62-43(71-35(7)75)46(80)53(34(6)99-62)102-65-52(86)49(83)50(84)55(104-65)59(87)73-42-37(77)20-21-38(42)78/h13,15,18,23-24,34,39-41,43-58,62-66,74,77,79-86,93H,5,12,14,16-17,19-22,25-29H2,1-4,6-11H3,(H2,70,92)(H,71,75)(H,72,76)(H,73,87)(H,88,89)(H,90,91)(H,94,95)/t34?,39?,40?,41?,43?,44?,45?,46?,47?,48?,49?,50?,51?,52?,53?,54?,55?,56?,57?,58?,62?,63?,64?,65?,66?,69-/m0/s1. The number of hydrogen-bond donors (Lipinski definition) is 18. The fraction of sp³-hybridized carbons (Fsp3) is 0.725. The van der Waals surface area contributed by atoms with Crippen LogP contribution in [0.5, 0.6) is 0 Å². The normalized spacial score (nSPS) is 35.6. The lowest BCUT2D eigenvalue weighted by molar-refractivity contribution is -0.375. The molecule has 5 heterocycles. The number of phosphoric acid groups is 1. The van der Waals surface area contributed by atoms with Crippen LogP contribution in [0.25, 0.3) is 0 Å². The van der Waals surface area contributed by atoms with Gasteiger partial charge in [-0.2, -0.15) is 0 Å². The predicted octanol–water partition coefficient (Wildman–Crippen LogP) is -1.43. The van der Waals surface area contributed by atoms with Crippen LogP contribution in [0.4, 0.5) is 4.79 Å². The molecule has 5 aliphatic heterocycles. The highest BCUT2D eigenvalue weighted by molar-refractivity contribution is 7.47. The van der Waals surface area contributed by atoms with E-state index in [-0.39, 0.29) is 24.9 Å². The number of nitrogens with one attached hydrogen (secondary N) is 3. The van der Waals surface area contributed by atoms with E-state index < -0.39 is 240 Å². The van der Waals surface area contributed by atoms with Crippen LogP contribution in [0.1, 0.15) is 127 Å². The van der Waals surface area contributed by atoms with Gasteiger partial charge >= 0.3 is 25.9 Å². The average Bonchev–Trinajstić information content (AvgIpc) is 1.80. The van der Waals surface area contributed by atoms with Gasteiger partial charge in [-0.3, -0.25) is 28.2 Å². The lowest BCUT2D eigenvalue weighted by Crippen LogP contribution is -2.72. The highest BCUT2D eigenvalue weighted by Crippen LogP contribution is 2.49. The summed E-state index contributed by atoms with van der Waals surface area (Å²) < 4.78 is 88.5. The molecular weight excluding hydrogens is 1480 g/mol. The third-order valence-electron chi connectivity index (χ3n) is 18.9. The van der Waals surface area contributed by atoms with E-state index in [2.05, 4.69) is 75.4 Å². The molecule has 5 fully saturated rings. The summed E-state index contributed by atoms with van der Waals surface area (Å²) in [4.78, 5) is 101. The number of allylic oxidation sites excluding steroid dienone is 10. The zero-order chi connectivity index (χ0) is 81.5. The fourth-order valence-electron chi connectivity index (χ4n) is 12.6. The number of hydrogen-bond acceptors (Lipinski definition) is 32. The average molecular weight is 1580 g/mol. The maximum atomic E-state index is 14.1. The highest BCUT2D eigenvalue weighted by Gasteiger charge is 2.63. The van der Waals surface area contributed by atoms with E-state index >= 15 is 0 Å². The second-order valence-electron chi connectivity index (χ2n) is 28.8. The Morgan fingerprint density at radius 2 is 1.29 bits per heavy atom. The Bertz CT molecular complexity index is 3360. The molecule has 40 heteroatoms. The monoisotopic (exact) mass is 1580 g/mol. The van der Waals surface area contributed by atoms with Crippen molar-refractivity contribution < 1.29 is 171 Å². The van der Waals surface area contributed by atoms with E-state index in [4.69, 9.17) is 66.9 Å². The third kappa shape index (κ3) is 25.4. The van der Waals surface area contributed by atoms with Gasteiger partial charge < -0.3 is 145 Å². The van der Waals surface area contributed by atoms with Crippen LogP contribution in [0.2, 0.25) is 0 Å². The van der Waals surface area contributed by atoms with Crippen molar-refractivity contribution in [1.82, 2.24) is 16.0 Å². The zero-order valence-electron chi connectivity index (χ0n) is 62.1. The molecule has 0 aromatic heterocycles. The molecule has 0 spiro atoms. The van der Waals surface area contributed by atoms with E-state index in [0.29, 0.717) is 19.8 Å². The van der Waals surface area contributed by atoms with Gasteiger partial charge in [0.15, 0.2) is 67.8 Å². The van der Waals surface area contributed by atoms with Crippen molar-refractivity contribution in [2.24, 2.45) is 11.1 Å². The molecule has 0 aromatic carbocycles.